The highest BCUT2D eigenvalue weighted by Gasteiger charge is 2.16. The highest BCUT2D eigenvalue weighted by atomic mass is 35.5. The lowest BCUT2D eigenvalue weighted by atomic mass is 10.2. The Morgan fingerprint density at radius 3 is 2.59 bits per heavy atom. The Morgan fingerprint density at radius 1 is 1.19 bits per heavy atom. The number of hydrogen-bond donors (Lipinski definition) is 1. The van der Waals surface area contributed by atoms with Crippen molar-refractivity contribution >= 4 is 30.7 Å². The molecule has 1 N–H and O–H groups in total. The van der Waals surface area contributed by atoms with E-state index in [4.69, 9.17) is 0 Å². The second kappa shape index (κ2) is 12.0. The first-order chi connectivity index (χ1) is 12.2. The van der Waals surface area contributed by atoms with Gasteiger partial charge in [0, 0.05) is 58.1 Å². The van der Waals surface area contributed by atoms with Crippen LogP contribution >= 0.6 is 24.8 Å². The molecule has 1 aromatic heterocycles. The molecule has 2 aromatic rings. The number of halogens is 2. The molecule has 8 heteroatoms. The SMILES string of the molecule is CN(CCC(=O)N1CCNCC1)Cc1nccn1Cc1ccccc1.Cl.Cl. The van der Waals surface area contributed by atoms with Gasteiger partial charge in [-0.25, -0.2) is 4.98 Å². The van der Waals surface area contributed by atoms with Crippen LogP contribution in [-0.2, 0) is 17.9 Å². The molecule has 0 atom stereocenters. The molecule has 0 spiro atoms. The van der Waals surface area contributed by atoms with E-state index in [2.05, 4.69) is 44.0 Å². The molecule has 0 bridgehead atoms. The van der Waals surface area contributed by atoms with E-state index in [1.165, 1.54) is 5.56 Å². The molecule has 0 aliphatic carbocycles. The lowest BCUT2D eigenvalue weighted by molar-refractivity contribution is -0.132. The number of rotatable bonds is 7. The minimum atomic E-state index is 0. The third kappa shape index (κ3) is 7.14. The van der Waals surface area contributed by atoms with Crippen molar-refractivity contribution in [3.05, 3.63) is 54.1 Å². The van der Waals surface area contributed by atoms with Crippen LogP contribution in [0.2, 0.25) is 0 Å². The predicted octanol–water partition coefficient (Wildman–Crippen LogP) is 2.03. The standard InChI is InChI=1S/C19H27N5O.2ClH/c1-22(11-7-19(25)23-12-8-20-9-13-23)16-18-21-10-14-24(18)15-17-5-3-2-4-6-17;;/h2-6,10,14,20H,7-9,11-13,15-16H2,1H3;2*1H. The molecule has 1 amide bonds. The summed E-state index contributed by atoms with van der Waals surface area (Å²) in [6.07, 6.45) is 4.43. The van der Waals surface area contributed by atoms with Crippen LogP contribution in [0.3, 0.4) is 0 Å². The summed E-state index contributed by atoms with van der Waals surface area (Å²) in [6.45, 7) is 5.77. The van der Waals surface area contributed by atoms with Gasteiger partial charge in [-0.2, -0.15) is 0 Å². The fraction of sp³-hybridized carbons (Fsp3) is 0.474. The molecular formula is C19H29Cl2N5O. The minimum Gasteiger partial charge on any atom is -0.340 e. The normalized spacial score (nSPS) is 13.8. The minimum absolute atomic E-state index is 0. The molecule has 0 radical (unpaired) electrons. The van der Waals surface area contributed by atoms with Crippen molar-refractivity contribution in [1.29, 1.82) is 0 Å². The van der Waals surface area contributed by atoms with Crippen molar-refractivity contribution in [3.8, 4) is 0 Å². The number of aromatic nitrogens is 2. The summed E-state index contributed by atoms with van der Waals surface area (Å²) in [6, 6.07) is 10.4. The number of hydrogen-bond acceptors (Lipinski definition) is 4. The van der Waals surface area contributed by atoms with E-state index in [0.717, 1.165) is 51.6 Å². The van der Waals surface area contributed by atoms with Gasteiger partial charge in [-0.1, -0.05) is 30.3 Å². The highest BCUT2D eigenvalue weighted by molar-refractivity contribution is 5.85. The van der Waals surface area contributed by atoms with Crippen LogP contribution in [0.15, 0.2) is 42.7 Å². The zero-order valence-electron chi connectivity index (χ0n) is 15.7. The van der Waals surface area contributed by atoms with E-state index >= 15 is 0 Å². The quantitative estimate of drug-likeness (QED) is 0.754. The molecule has 3 rings (SSSR count). The maximum Gasteiger partial charge on any atom is 0.223 e. The Morgan fingerprint density at radius 2 is 1.89 bits per heavy atom. The van der Waals surface area contributed by atoms with Crippen LogP contribution < -0.4 is 5.32 Å². The molecule has 6 nitrogen and oxygen atoms in total. The molecule has 2 heterocycles. The summed E-state index contributed by atoms with van der Waals surface area (Å²) in [5.41, 5.74) is 1.26. The average Bonchev–Trinajstić information content (AvgIpc) is 3.08. The number of carbonyl (C=O) groups is 1. The lowest BCUT2D eigenvalue weighted by Gasteiger charge is -2.28. The molecule has 1 aliphatic rings. The van der Waals surface area contributed by atoms with Gasteiger partial charge in [0.15, 0.2) is 0 Å². The van der Waals surface area contributed by atoms with Gasteiger partial charge >= 0.3 is 0 Å². The monoisotopic (exact) mass is 413 g/mol. The second-order valence-electron chi connectivity index (χ2n) is 6.58. The summed E-state index contributed by atoms with van der Waals surface area (Å²) in [5.74, 6) is 1.28. The van der Waals surface area contributed by atoms with Crippen LogP contribution in [0.5, 0.6) is 0 Å². The Kier molecular flexibility index (Phi) is 10.4. The summed E-state index contributed by atoms with van der Waals surface area (Å²) in [4.78, 5) is 20.9. The van der Waals surface area contributed by atoms with Gasteiger partial charge < -0.3 is 14.8 Å². The van der Waals surface area contributed by atoms with Crippen molar-refractivity contribution in [2.45, 2.75) is 19.5 Å². The number of nitrogens with one attached hydrogen (secondary N) is 1. The van der Waals surface area contributed by atoms with Crippen molar-refractivity contribution in [3.63, 3.8) is 0 Å². The van der Waals surface area contributed by atoms with Gasteiger partial charge in [-0.05, 0) is 12.6 Å². The fourth-order valence-corrected chi connectivity index (χ4v) is 3.10. The zero-order valence-corrected chi connectivity index (χ0v) is 17.3. The molecular weight excluding hydrogens is 385 g/mol. The number of benzene rings is 1. The Hall–Kier alpha value is -1.60. The van der Waals surface area contributed by atoms with Crippen LogP contribution in [0.4, 0.5) is 0 Å². The van der Waals surface area contributed by atoms with Gasteiger partial charge in [0.25, 0.3) is 0 Å². The fourth-order valence-electron chi connectivity index (χ4n) is 3.10. The third-order valence-corrected chi connectivity index (χ3v) is 4.59. The topological polar surface area (TPSA) is 53.4 Å². The van der Waals surface area contributed by atoms with E-state index in [1.54, 1.807) is 0 Å². The number of imidazole rings is 1. The Labute approximate surface area is 173 Å². The van der Waals surface area contributed by atoms with Crippen molar-refractivity contribution in [2.24, 2.45) is 0 Å². The lowest BCUT2D eigenvalue weighted by Crippen LogP contribution is -2.47. The van der Waals surface area contributed by atoms with Gasteiger partial charge in [0.2, 0.25) is 5.91 Å². The summed E-state index contributed by atoms with van der Waals surface area (Å²) in [5, 5.41) is 3.27. The molecule has 1 saturated heterocycles. The number of amides is 1. The van der Waals surface area contributed by atoms with Gasteiger partial charge in [0.1, 0.15) is 5.82 Å². The van der Waals surface area contributed by atoms with Crippen LogP contribution in [0, 0.1) is 0 Å². The van der Waals surface area contributed by atoms with Crippen LogP contribution in [0.25, 0.3) is 0 Å². The molecule has 1 aliphatic heterocycles. The van der Waals surface area contributed by atoms with E-state index < -0.39 is 0 Å². The number of carbonyl (C=O) groups excluding carboxylic acids is 1. The summed E-state index contributed by atoms with van der Waals surface area (Å²) in [7, 11) is 2.05. The summed E-state index contributed by atoms with van der Waals surface area (Å²) < 4.78 is 2.17. The molecule has 1 fully saturated rings. The maximum absolute atomic E-state index is 12.3. The largest absolute Gasteiger partial charge is 0.340 e. The van der Waals surface area contributed by atoms with Crippen molar-refractivity contribution < 1.29 is 4.79 Å². The van der Waals surface area contributed by atoms with Gasteiger partial charge in [-0.3, -0.25) is 9.69 Å². The highest BCUT2D eigenvalue weighted by Crippen LogP contribution is 2.08. The number of nitrogens with zero attached hydrogens (tertiary/aromatic N) is 4. The average molecular weight is 414 g/mol. The Bertz CT molecular complexity index is 674. The van der Waals surface area contributed by atoms with E-state index in [1.807, 2.05) is 30.4 Å². The van der Waals surface area contributed by atoms with Crippen molar-refractivity contribution in [1.82, 2.24) is 24.7 Å². The first-order valence-corrected chi connectivity index (χ1v) is 8.93. The number of piperazine rings is 1. The van der Waals surface area contributed by atoms with E-state index in [9.17, 15) is 4.79 Å². The van der Waals surface area contributed by atoms with Gasteiger partial charge in [0.05, 0.1) is 6.54 Å². The zero-order chi connectivity index (χ0) is 17.5. The molecule has 0 saturated carbocycles. The Balaban J connectivity index is 0.00000182. The van der Waals surface area contributed by atoms with Crippen LogP contribution in [0.1, 0.15) is 17.8 Å². The molecule has 1 aromatic carbocycles. The van der Waals surface area contributed by atoms with Crippen LogP contribution in [-0.4, -0.2) is 65.0 Å². The third-order valence-electron chi connectivity index (χ3n) is 4.59. The van der Waals surface area contributed by atoms with Crippen molar-refractivity contribution in [2.75, 3.05) is 39.8 Å². The molecule has 150 valence electrons. The van der Waals surface area contributed by atoms with Gasteiger partial charge in [-0.15, -0.1) is 24.8 Å². The first-order valence-electron chi connectivity index (χ1n) is 8.93. The predicted molar refractivity (Wildman–Crippen MR) is 113 cm³/mol. The molecule has 27 heavy (non-hydrogen) atoms. The summed E-state index contributed by atoms with van der Waals surface area (Å²) >= 11 is 0. The van der Waals surface area contributed by atoms with E-state index in [0.29, 0.717) is 6.42 Å². The smallest absolute Gasteiger partial charge is 0.223 e. The maximum atomic E-state index is 12.3. The van der Waals surface area contributed by atoms with E-state index in [-0.39, 0.29) is 30.7 Å². The molecule has 0 unspecified atom stereocenters. The first kappa shape index (κ1) is 23.4. The second-order valence-corrected chi connectivity index (χ2v) is 6.58.